The molecule has 170 valence electrons. The third kappa shape index (κ3) is 5.26. The van der Waals surface area contributed by atoms with Gasteiger partial charge in [-0.1, -0.05) is 64.3 Å². The van der Waals surface area contributed by atoms with Crippen molar-refractivity contribution in [3.05, 3.63) is 93.0 Å². The molecule has 0 aliphatic heterocycles. The third-order valence-electron chi connectivity index (χ3n) is 5.32. The highest BCUT2D eigenvalue weighted by atomic mass is 35.5. The predicted octanol–water partition coefficient (Wildman–Crippen LogP) is 5.64. The van der Waals surface area contributed by atoms with E-state index < -0.39 is 5.91 Å². The molecular formula is C25H25ClN4O3. The van der Waals surface area contributed by atoms with Gasteiger partial charge in [-0.05, 0) is 44.9 Å². The molecule has 7 nitrogen and oxygen atoms in total. The summed E-state index contributed by atoms with van der Waals surface area (Å²) in [5, 5.41) is 11.4. The number of anilines is 1. The zero-order chi connectivity index (χ0) is 23.5. The molecule has 1 amide bonds. The van der Waals surface area contributed by atoms with Gasteiger partial charge < -0.3 is 14.6 Å². The van der Waals surface area contributed by atoms with Gasteiger partial charge in [-0.2, -0.15) is 5.10 Å². The summed E-state index contributed by atoms with van der Waals surface area (Å²) in [6.07, 6.45) is 1.68. The van der Waals surface area contributed by atoms with Crippen LogP contribution in [0.15, 0.2) is 53.2 Å². The summed E-state index contributed by atoms with van der Waals surface area (Å²) in [5.74, 6) is 1.05. The minimum absolute atomic E-state index is 0.140. The number of halogens is 1. The highest BCUT2D eigenvalue weighted by molar-refractivity contribution is 6.33. The standard InChI is InChI=1S/C25H25ClN4O3/c1-15-5-8-19(9-6-15)12-30-13-21(26)24(28-30)27-25(31)23-20(18(4)33-29-23)14-32-22-10-7-16(2)11-17(22)3/h5-11,13H,12,14H2,1-4H3,(H,27,28,31). The van der Waals surface area contributed by atoms with Crippen LogP contribution in [0.4, 0.5) is 5.82 Å². The average molecular weight is 465 g/mol. The first kappa shape index (κ1) is 22.6. The topological polar surface area (TPSA) is 82.2 Å². The second-order valence-electron chi connectivity index (χ2n) is 8.09. The van der Waals surface area contributed by atoms with E-state index in [1.807, 2.05) is 63.2 Å². The van der Waals surface area contributed by atoms with Crippen LogP contribution in [0.5, 0.6) is 5.75 Å². The van der Waals surface area contributed by atoms with E-state index in [9.17, 15) is 4.79 Å². The van der Waals surface area contributed by atoms with Crippen LogP contribution in [0.1, 0.15) is 44.1 Å². The van der Waals surface area contributed by atoms with Crippen molar-refractivity contribution in [1.82, 2.24) is 14.9 Å². The van der Waals surface area contributed by atoms with Gasteiger partial charge in [-0.3, -0.25) is 9.48 Å². The fourth-order valence-corrected chi connectivity index (χ4v) is 3.66. The second-order valence-corrected chi connectivity index (χ2v) is 8.49. The van der Waals surface area contributed by atoms with Gasteiger partial charge in [0, 0.05) is 6.20 Å². The Balaban J connectivity index is 1.47. The first-order chi connectivity index (χ1) is 15.8. The fourth-order valence-electron chi connectivity index (χ4n) is 3.46. The summed E-state index contributed by atoms with van der Waals surface area (Å²) in [6.45, 7) is 8.47. The molecule has 0 saturated heterocycles. The molecule has 0 spiro atoms. The van der Waals surface area contributed by atoms with Gasteiger partial charge in [0.2, 0.25) is 0 Å². The third-order valence-corrected chi connectivity index (χ3v) is 5.59. The van der Waals surface area contributed by atoms with Gasteiger partial charge in [-0.15, -0.1) is 0 Å². The lowest BCUT2D eigenvalue weighted by Gasteiger charge is -2.10. The zero-order valence-corrected chi connectivity index (χ0v) is 19.7. The van der Waals surface area contributed by atoms with Crippen molar-refractivity contribution in [2.45, 2.75) is 40.8 Å². The van der Waals surface area contributed by atoms with Gasteiger partial charge in [0.1, 0.15) is 23.1 Å². The summed E-state index contributed by atoms with van der Waals surface area (Å²) >= 11 is 6.32. The van der Waals surface area contributed by atoms with Crippen LogP contribution >= 0.6 is 11.6 Å². The Morgan fingerprint density at radius 2 is 1.82 bits per heavy atom. The lowest BCUT2D eigenvalue weighted by atomic mass is 10.1. The Kier molecular flexibility index (Phi) is 6.51. The summed E-state index contributed by atoms with van der Waals surface area (Å²) in [6, 6.07) is 14.1. The van der Waals surface area contributed by atoms with E-state index in [-0.39, 0.29) is 18.1 Å². The Hall–Kier alpha value is -3.58. The highest BCUT2D eigenvalue weighted by Crippen LogP contribution is 2.24. The number of carbonyl (C=O) groups excluding carboxylic acids is 1. The van der Waals surface area contributed by atoms with Crippen LogP contribution in [0.25, 0.3) is 0 Å². The molecule has 2 aromatic carbocycles. The molecule has 0 unspecified atom stereocenters. The molecule has 0 saturated carbocycles. The number of nitrogens with zero attached hydrogens (tertiary/aromatic N) is 3. The quantitative estimate of drug-likeness (QED) is 0.383. The number of nitrogens with one attached hydrogen (secondary N) is 1. The monoisotopic (exact) mass is 464 g/mol. The average Bonchev–Trinajstić information content (AvgIpc) is 3.31. The molecule has 2 aromatic heterocycles. The van der Waals surface area contributed by atoms with Crippen molar-refractivity contribution >= 4 is 23.3 Å². The van der Waals surface area contributed by atoms with Gasteiger partial charge >= 0.3 is 0 Å². The van der Waals surface area contributed by atoms with Crippen LogP contribution in [0, 0.1) is 27.7 Å². The number of ether oxygens (including phenoxy) is 1. The Labute approximate surface area is 197 Å². The normalized spacial score (nSPS) is 10.9. The van der Waals surface area contributed by atoms with Crippen LogP contribution in [-0.2, 0) is 13.2 Å². The Morgan fingerprint density at radius 3 is 2.55 bits per heavy atom. The molecule has 0 aliphatic carbocycles. The number of benzene rings is 2. The summed E-state index contributed by atoms with van der Waals surface area (Å²) in [4.78, 5) is 12.9. The number of hydrogen-bond acceptors (Lipinski definition) is 5. The summed E-state index contributed by atoms with van der Waals surface area (Å²) < 4.78 is 12.9. The largest absolute Gasteiger partial charge is 0.488 e. The van der Waals surface area contributed by atoms with Gasteiger partial charge in [0.15, 0.2) is 11.5 Å². The first-order valence-electron chi connectivity index (χ1n) is 10.5. The number of hydrogen-bond donors (Lipinski definition) is 1. The molecule has 4 aromatic rings. The van der Waals surface area contributed by atoms with Crippen LogP contribution in [-0.4, -0.2) is 20.8 Å². The number of carbonyl (C=O) groups is 1. The molecule has 33 heavy (non-hydrogen) atoms. The summed E-state index contributed by atoms with van der Waals surface area (Å²) in [7, 11) is 0. The Bertz CT molecular complexity index is 1290. The highest BCUT2D eigenvalue weighted by Gasteiger charge is 2.22. The van der Waals surface area contributed by atoms with E-state index in [4.69, 9.17) is 20.9 Å². The van der Waals surface area contributed by atoms with Crippen molar-refractivity contribution in [1.29, 1.82) is 0 Å². The van der Waals surface area contributed by atoms with E-state index in [0.29, 0.717) is 22.9 Å². The first-order valence-corrected chi connectivity index (χ1v) is 10.9. The SMILES string of the molecule is Cc1ccc(Cn2cc(Cl)c(NC(=O)c3noc(C)c3COc3ccc(C)cc3C)n2)cc1. The smallest absolute Gasteiger partial charge is 0.279 e. The lowest BCUT2D eigenvalue weighted by Crippen LogP contribution is -2.16. The van der Waals surface area contributed by atoms with Crippen molar-refractivity contribution in [2.24, 2.45) is 0 Å². The minimum Gasteiger partial charge on any atom is -0.488 e. The predicted molar refractivity (Wildman–Crippen MR) is 127 cm³/mol. The van der Waals surface area contributed by atoms with E-state index in [2.05, 4.69) is 15.6 Å². The number of rotatable bonds is 7. The molecule has 2 heterocycles. The van der Waals surface area contributed by atoms with E-state index >= 15 is 0 Å². The van der Waals surface area contributed by atoms with Gasteiger partial charge in [-0.25, -0.2) is 0 Å². The number of amides is 1. The molecule has 0 radical (unpaired) electrons. The molecule has 4 rings (SSSR count). The molecule has 8 heteroatoms. The van der Waals surface area contributed by atoms with Gasteiger partial charge in [0.05, 0.1) is 12.1 Å². The van der Waals surface area contributed by atoms with E-state index in [0.717, 1.165) is 22.4 Å². The van der Waals surface area contributed by atoms with E-state index in [1.54, 1.807) is 17.8 Å². The molecular weight excluding hydrogens is 440 g/mol. The maximum Gasteiger partial charge on any atom is 0.279 e. The number of aryl methyl sites for hydroxylation is 4. The molecule has 0 aliphatic rings. The number of aromatic nitrogens is 3. The minimum atomic E-state index is -0.464. The second kappa shape index (κ2) is 9.50. The van der Waals surface area contributed by atoms with E-state index in [1.165, 1.54) is 5.56 Å². The Morgan fingerprint density at radius 1 is 1.09 bits per heavy atom. The van der Waals surface area contributed by atoms with Crippen molar-refractivity contribution < 1.29 is 14.1 Å². The van der Waals surface area contributed by atoms with Crippen LogP contribution < -0.4 is 10.1 Å². The van der Waals surface area contributed by atoms with Crippen molar-refractivity contribution in [3.63, 3.8) is 0 Å². The van der Waals surface area contributed by atoms with Gasteiger partial charge in [0.25, 0.3) is 5.91 Å². The van der Waals surface area contributed by atoms with Crippen molar-refractivity contribution in [2.75, 3.05) is 5.32 Å². The molecule has 0 atom stereocenters. The van der Waals surface area contributed by atoms with Crippen LogP contribution in [0.3, 0.4) is 0 Å². The fraction of sp³-hybridized carbons (Fsp3) is 0.240. The lowest BCUT2D eigenvalue weighted by molar-refractivity contribution is 0.101. The maximum absolute atomic E-state index is 12.9. The molecule has 1 N–H and O–H groups in total. The zero-order valence-electron chi connectivity index (χ0n) is 19.0. The maximum atomic E-state index is 12.9. The van der Waals surface area contributed by atoms with Crippen LogP contribution in [0.2, 0.25) is 5.02 Å². The molecule has 0 bridgehead atoms. The van der Waals surface area contributed by atoms with Crippen molar-refractivity contribution in [3.8, 4) is 5.75 Å². The molecule has 0 fully saturated rings. The summed E-state index contributed by atoms with van der Waals surface area (Å²) in [5.41, 5.74) is 5.14.